The molecule has 2 heterocycles. The summed E-state index contributed by atoms with van der Waals surface area (Å²) in [7, 11) is 0. The van der Waals surface area contributed by atoms with Gasteiger partial charge in [0.2, 0.25) is 24.5 Å². The van der Waals surface area contributed by atoms with E-state index in [1.807, 2.05) is 13.8 Å². The first-order valence-electron chi connectivity index (χ1n) is 11.2. The fourth-order valence-corrected chi connectivity index (χ4v) is 4.55. The largest absolute Gasteiger partial charge is 0.454 e. The van der Waals surface area contributed by atoms with E-state index < -0.39 is 12.0 Å². The van der Waals surface area contributed by atoms with Crippen LogP contribution in [0.15, 0.2) is 18.2 Å². The predicted molar refractivity (Wildman–Crippen MR) is 115 cm³/mol. The molecule has 8 heteroatoms. The lowest BCUT2D eigenvalue weighted by Crippen LogP contribution is -2.51. The number of nitrogens with zero attached hydrogens (tertiary/aromatic N) is 1. The summed E-state index contributed by atoms with van der Waals surface area (Å²) in [6.07, 6.45) is 4.94. The van der Waals surface area contributed by atoms with Gasteiger partial charge in [-0.1, -0.05) is 26.7 Å². The molecule has 0 aromatic heterocycles. The Morgan fingerprint density at radius 3 is 2.65 bits per heavy atom. The molecule has 2 aliphatic heterocycles. The molecule has 0 spiro atoms. The molecule has 2 atom stereocenters. The van der Waals surface area contributed by atoms with E-state index in [9.17, 15) is 14.4 Å². The average molecular weight is 430 g/mol. The summed E-state index contributed by atoms with van der Waals surface area (Å²) >= 11 is 0. The Morgan fingerprint density at radius 2 is 1.90 bits per heavy atom. The fourth-order valence-electron chi connectivity index (χ4n) is 4.55. The average Bonchev–Trinajstić information content (AvgIpc) is 3.47. The van der Waals surface area contributed by atoms with Gasteiger partial charge in [-0.25, -0.2) is 0 Å². The smallest absolute Gasteiger partial charge is 0.242 e. The van der Waals surface area contributed by atoms with Crippen LogP contribution in [-0.4, -0.2) is 43.1 Å². The molecule has 1 saturated heterocycles. The number of carbonyl (C=O) groups is 3. The van der Waals surface area contributed by atoms with Gasteiger partial charge in [-0.3, -0.25) is 14.4 Å². The third-order valence-electron chi connectivity index (χ3n) is 6.21. The minimum atomic E-state index is -0.581. The van der Waals surface area contributed by atoms with Crippen molar-refractivity contribution in [2.45, 2.75) is 64.5 Å². The van der Waals surface area contributed by atoms with Crippen molar-refractivity contribution in [2.75, 3.05) is 18.2 Å². The van der Waals surface area contributed by atoms with E-state index in [2.05, 4.69) is 10.6 Å². The predicted octanol–water partition coefficient (Wildman–Crippen LogP) is 2.36. The van der Waals surface area contributed by atoms with Crippen LogP contribution >= 0.6 is 0 Å². The fraction of sp³-hybridized carbons (Fsp3) is 0.609. The molecule has 0 radical (unpaired) electrons. The van der Waals surface area contributed by atoms with E-state index in [1.165, 1.54) is 0 Å². The lowest BCUT2D eigenvalue weighted by molar-refractivity contribution is -0.132. The van der Waals surface area contributed by atoms with Gasteiger partial charge in [0.05, 0.1) is 5.92 Å². The summed E-state index contributed by atoms with van der Waals surface area (Å²) in [6, 6.07) is 4.94. The van der Waals surface area contributed by atoms with E-state index in [1.54, 1.807) is 23.1 Å². The monoisotopic (exact) mass is 429 g/mol. The van der Waals surface area contributed by atoms with Gasteiger partial charge in [-0.05, 0) is 37.3 Å². The standard InChI is InChI=1S/C23H31N3O5/c1-14(2)9-18(23(29)24-16-5-3-4-6-16)25-22(28)15-10-21(27)26(12-15)17-7-8-19-20(11-17)31-13-30-19/h7-8,11,14-16,18H,3-6,9-10,12-13H2,1-2H3,(H,24,29)(H,25,28)/t15-,18-/m0/s1. The number of hydrogen-bond donors (Lipinski definition) is 2. The van der Waals surface area contributed by atoms with Crippen molar-refractivity contribution >= 4 is 23.4 Å². The zero-order valence-corrected chi connectivity index (χ0v) is 18.2. The van der Waals surface area contributed by atoms with E-state index in [0.717, 1.165) is 25.7 Å². The second-order valence-corrected chi connectivity index (χ2v) is 9.12. The first-order chi connectivity index (χ1) is 14.9. The molecule has 2 N–H and O–H groups in total. The summed E-state index contributed by atoms with van der Waals surface area (Å²) in [4.78, 5) is 40.0. The van der Waals surface area contributed by atoms with E-state index in [-0.39, 0.29) is 49.4 Å². The minimum Gasteiger partial charge on any atom is -0.454 e. The van der Waals surface area contributed by atoms with Crippen molar-refractivity contribution in [3.8, 4) is 11.5 Å². The number of anilines is 1. The SMILES string of the molecule is CC(C)C[C@H](NC(=O)[C@H]1CC(=O)N(c2ccc3c(c2)OCO3)C1)C(=O)NC1CCCC1. The highest BCUT2D eigenvalue weighted by Crippen LogP contribution is 2.37. The van der Waals surface area contributed by atoms with Crippen LogP contribution < -0.4 is 25.0 Å². The quantitative estimate of drug-likeness (QED) is 0.694. The van der Waals surface area contributed by atoms with Gasteiger partial charge in [-0.2, -0.15) is 0 Å². The molecule has 4 rings (SSSR count). The van der Waals surface area contributed by atoms with Crippen LogP contribution in [0.5, 0.6) is 11.5 Å². The van der Waals surface area contributed by atoms with Crippen LogP contribution in [0.25, 0.3) is 0 Å². The second kappa shape index (κ2) is 9.16. The summed E-state index contributed by atoms with van der Waals surface area (Å²) in [5.74, 6) is 0.527. The molecule has 2 fully saturated rings. The Morgan fingerprint density at radius 1 is 1.16 bits per heavy atom. The topological polar surface area (TPSA) is 97.0 Å². The third-order valence-corrected chi connectivity index (χ3v) is 6.21. The van der Waals surface area contributed by atoms with Gasteiger partial charge in [0.15, 0.2) is 11.5 Å². The molecule has 8 nitrogen and oxygen atoms in total. The number of benzene rings is 1. The highest BCUT2D eigenvalue weighted by Gasteiger charge is 2.37. The Kier molecular flexibility index (Phi) is 6.34. The van der Waals surface area contributed by atoms with Crippen LogP contribution in [0.2, 0.25) is 0 Å². The van der Waals surface area contributed by atoms with E-state index in [0.29, 0.717) is 23.6 Å². The van der Waals surface area contributed by atoms with Crippen molar-refractivity contribution in [1.82, 2.24) is 10.6 Å². The molecule has 1 aromatic rings. The highest BCUT2D eigenvalue weighted by molar-refractivity contribution is 6.01. The van der Waals surface area contributed by atoms with Crippen LogP contribution in [-0.2, 0) is 14.4 Å². The molecule has 0 unspecified atom stereocenters. The lowest BCUT2D eigenvalue weighted by atomic mass is 10.0. The van der Waals surface area contributed by atoms with Gasteiger partial charge in [0, 0.05) is 30.8 Å². The molecule has 3 aliphatic rings. The zero-order valence-electron chi connectivity index (χ0n) is 18.2. The third kappa shape index (κ3) is 4.94. The van der Waals surface area contributed by atoms with E-state index >= 15 is 0 Å². The molecule has 168 valence electrons. The highest BCUT2D eigenvalue weighted by atomic mass is 16.7. The van der Waals surface area contributed by atoms with E-state index in [4.69, 9.17) is 9.47 Å². The summed E-state index contributed by atoms with van der Waals surface area (Å²) in [5.41, 5.74) is 0.683. The van der Waals surface area contributed by atoms with Crippen molar-refractivity contribution in [2.24, 2.45) is 11.8 Å². The number of ether oxygens (including phenoxy) is 2. The number of rotatable bonds is 7. The Bertz CT molecular complexity index is 850. The minimum absolute atomic E-state index is 0.116. The first-order valence-corrected chi connectivity index (χ1v) is 11.2. The Hall–Kier alpha value is -2.77. The Balaban J connectivity index is 1.39. The molecule has 3 amide bonds. The lowest BCUT2D eigenvalue weighted by Gasteiger charge is -2.24. The first kappa shape index (κ1) is 21.5. The van der Waals surface area contributed by atoms with Crippen LogP contribution in [0, 0.1) is 11.8 Å². The number of carbonyl (C=O) groups excluding carboxylic acids is 3. The number of amides is 3. The van der Waals surface area contributed by atoms with Crippen molar-refractivity contribution in [3.63, 3.8) is 0 Å². The molecule has 1 saturated carbocycles. The van der Waals surface area contributed by atoms with Gasteiger partial charge < -0.3 is 25.0 Å². The molecule has 1 aliphatic carbocycles. The van der Waals surface area contributed by atoms with Gasteiger partial charge in [0.1, 0.15) is 6.04 Å². The van der Waals surface area contributed by atoms with Crippen molar-refractivity contribution in [1.29, 1.82) is 0 Å². The maximum absolute atomic E-state index is 13.0. The molecular formula is C23H31N3O5. The maximum Gasteiger partial charge on any atom is 0.242 e. The van der Waals surface area contributed by atoms with Crippen LogP contribution in [0.3, 0.4) is 0 Å². The van der Waals surface area contributed by atoms with Crippen LogP contribution in [0.1, 0.15) is 52.4 Å². The molecule has 1 aromatic carbocycles. The normalized spacial score (nSPS) is 21.6. The van der Waals surface area contributed by atoms with Crippen molar-refractivity contribution < 1.29 is 23.9 Å². The molecular weight excluding hydrogens is 398 g/mol. The zero-order chi connectivity index (χ0) is 22.0. The van der Waals surface area contributed by atoms with Gasteiger partial charge in [-0.15, -0.1) is 0 Å². The van der Waals surface area contributed by atoms with Gasteiger partial charge in [0.25, 0.3) is 0 Å². The molecule has 0 bridgehead atoms. The Labute approximate surface area is 182 Å². The van der Waals surface area contributed by atoms with Crippen LogP contribution in [0.4, 0.5) is 5.69 Å². The van der Waals surface area contributed by atoms with Crippen molar-refractivity contribution in [3.05, 3.63) is 18.2 Å². The second-order valence-electron chi connectivity index (χ2n) is 9.12. The molecule has 31 heavy (non-hydrogen) atoms. The number of hydrogen-bond acceptors (Lipinski definition) is 5. The summed E-state index contributed by atoms with van der Waals surface area (Å²) in [5, 5.41) is 6.01. The summed E-state index contributed by atoms with van der Waals surface area (Å²) < 4.78 is 10.7. The number of nitrogens with one attached hydrogen (secondary N) is 2. The maximum atomic E-state index is 13.0. The summed E-state index contributed by atoms with van der Waals surface area (Å²) in [6.45, 7) is 4.51. The number of fused-ring (bicyclic) bond motifs is 1. The van der Waals surface area contributed by atoms with Gasteiger partial charge >= 0.3 is 0 Å².